The maximum atomic E-state index is 15.6. The number of hydrogen-bond acceptors (Lipinski definition) is 9. The molecule has 218 valence electrons. The lowest BCUT2D eigenvalue weighted by molar-refractivity contribution is -0.140. The molecular weight excluding hydrogens is 570 g/mol. The maximum absolute atomic E-state index is 15.6. The van der Waals surface area contributed by atoms with Gasteiger partial charge in [-0.25, -0.2) is 33.8 Å². The van der Waals surface area contributed by atoms with E-state index < -0.39 is 29.0 Å². The van der Waals surface area contributed by atoms with E-state index >= 15 is 4.39 Å². The van der Waals surface area contributed by atoms with E-state index in [1.807, 2.05) is 13.0 Å². The molecule has 0 fully saturated rings. The van der Waals surface area contributed by atoms with Crippen molar-refractivity contribution in [3.8, 4) is 11.5 Å². The lowest BCUT2D eigenvalue weighted by Gasteiger charge is -2.31. The van der Waals surface area contributed by atoms with Gasteiger partial charge in [-0.1, -0.05) is 12.7 Å². The first-order chi connectivity index (χ1) is 20.6. The Balaban J connectivity index is 1.34. The summed E-state index contributed by atoms with van der Waals surface area (Å²) >= 11 is 0. The molecule has 0 saturated carbocycles. The Kier molecular flexibility index (Phi) is 6.91. The Hall–Kier alpha value is -5.47. The van der Waals surface area contributed by atoms with Gasteiger partial charge in [0.1, 0.15) is 40.8 Å². The molecule has 5 heterocycles. The predicted molar refractivity (Wildman–Crippen MR) is 147 cm³/mol. The zero-order valence-corrected chi connectivity index (χ0v) is 22.4. The van der Waals surface area contributed by atoms with Crippen LogP contribution in [-0.2, 0) is 11.0 Å². The van der Waals surface area contributed by atoms with Crippen LogP contribution in [0.5, 0.6) is 11.5 Å². The second-order valence-electron chi connectivity index (χ2n) is 9.52. The first-order valence-corrected chi connectivity index (χ1v) is 12.9. The molecule has 0 bridgehead atoms. The van der Waals surface area contributed by atoms with Crippen LogP contribution in [0.2, 0.25) is 0 Å². The van der Waals surface area contributed by atoms with Gasteiger partial charge in [0.15, 0.2) is 23.1 Å². The van der Waals surface area contributed by atoms with Gasteiger partial charge in [0.05, 0.1) is 11.9 Å². The van der Waals surface area contributed by atoms with Crippen LogP contribution < -0.4 is 10.1 Å². The highest BCUT2D eigenvalue weighted by molar-refractivity contribution is 5.89. The van der Waals surface area contributed by atoms with Crippen LogP contribution in [0.15, 0.2) is 68.0 Å². The Bertz CT molecular complexity index is 1920. The van der Waals surface area contributed by atoms with Crippen LogP contribution in [0.25, 0.3) is 22.3 Å². The summed E-state index contributed by atoms with van der Waals surface area (Å²) < 4.78 is 64.8. The molecule has 6 rings (SSSR count). The largest absolute Gasteiger partial charge is 0.456 e. The molecule has 15 heteroatoms. The molecule has 0 saturated heterocycles. The van der Waals surface area contributed by atoms with Gasteiger partial charge < -0.3 is 15.0 Å². The normalized spacial score (nSPS) is 15.4. The van der Waals surface area contributed by atoms with Gasteiger partial charge in [0.25, 0.3) is 0 Å². The summed E-state index contributed by atoms with van der Waals surface area (Å²) in [6.07, 6.45) is 3.79. The summed E-state index contributed by atoms with van der Waals surface area (Å²) in [5, 5.41) is 6.55. The summed E-state index contributed by atoms with van der Waals surface area (Å²) in [5.41, 5.74) is -0.559. The molecule has 1 aliphatic rings. The minimum absolute atomic E-state index is 0.0143. The fourth-order valence-electron chi connectivity index (χ4n) is 4.74. The van der Waals surface area contributed by atoms with Crippen molar-refractivity contribution in [1.82, 2.24) is 39.4 Å². The SMILES string of the molecule is C=CC(=O)N1CCC(c2ncc3ncnc(Nc4ccc(Oc5ccn6ncnc6c5)c(C(F)(F)F)c4F)c3n2)=C[C@@H]1C. The summed E-state index contributed by atoms with van der Waals surface area (Å²) in [6, 6.07) is 4.64. The molecule has 4 aromatic heterocycles. The number of halogens is 4. The van der Waals surface area contributed by atoms with Gasteiger partial charge in [-0.15, -0.1) is 0 Å². The molecule has 43 heavy (non-hydrogen) atoms. The summed E-state index contributed by atoms with van der Waals surface area (Å²) in [4.78, 5) is 34.8. The van der Waals surface area contributed by atoms with Gasteiger partial charge in [-0.2, -0.15) is 18.3 Å². The third-order valence-electron chi connectivity index (χ3n) is 6.80. The van der Waals surface area contributed by atoms with Crippen molar-refractivity contribution in [1.29, 1.82) is 0 Å². The van der Waals surface area contributed by atoms with Crippen molar-refractivity contribution in [3.05, 3.63) is 85.2 Å². The lowest BCUT2D eigenvalue weighted by Crippen LogP contribution is -2.39. The van der Waals surface area contributed by atoms with Gasteiger partial charge >= 0.3 is 6.18 Å². The monoisotopic (exact) mass is 591 g/mol. The minimum Gasteiger partial charge on any atom is -0.456 e. The number of anilines is 2. The Labute approximate surface area is 240 Å². The number of pyridine rings is 1. The quantitative estimate of drug-likeness (QED) is 0.206. The Morgan fingerprint density at radius 2 is 2.00 bits per heavy atom. The number of carbonyl (C=O) groups is 1. The number of carbonyl (C=O) groups excluding carboxylic acids is 1. The van der Waals surface area contributed by atoms with Gasteiger partial charge in [-0.05, 0) is 43.2 Å². The van der Waals surface area contributed by atoms with E-state index in [2.05, 4.69) is 41.9 Å². The average molecular weight is 592 g/mol. The molecular formula is C28H21F4N9O2. The third kappa shape index (κ3) is 5.31. The van der Waals surface area contributed by atoms with Gasteiger partial charge in [0.2, 0.25) is 5.91 Å². The Morgan fingerprint density at radius 3 is 2.77 bits per heavy atom. The molecule has 0 aliphatic carbocycles. The standard InChI is InChI=1S/C28H21F4N9O2/c1-3-22(42)40-8-6-16(10-15(40)2)26-33-12-19-25(39-26)27(36-13-34-19)38-18-4-5-20(23(24(18)29)28(30,31)32)43-17-7-9-41-21(11-17)35-14-37-41/h3-5,7,9-15H,1,6,8H2,2H3,(H,34,36,38)/t15-/m0/s1. The predicted octanol–water partition coefficient (Wildman–Crippen LogP) is 5.35. The van der Waals surface area contributed by atoms with E-state index in [-0.39, 0.29) is 34.5 Å². The van der Waals surface area contributed by atoms with Crippen LogP contribution in [0, 0.1) is 5.82 Å². The zero-order valence-electron chi connectivity index (χ0n) is 22.4. The average Bonchev–Trinajstić information content (AvgIpc) is 3.45. The molecule has 1 aromatic carbocycles. The van der Waals surface area contributed by atoms with E-state index in [1.165, 1.54) is 41.4 Å². The molecule has 0 radical (unpaired) electrons. The fraction of sp³-hybridized carbons (Fsp3) is 0.179. The molecule has 5 aromatic rings. The van der Waals surface area contributed by atoms with Crippen LogP contribution in [-0.4, -0.2) is 57.9 Å². The number of fused-ring (bicyclic) bond motifs is 2. The van der Waals surface area contributed by atoms with Crippen molar-refractivity contribution in [2.75, 3.05) is 11.9 Å². The minimum atomic E-state index is -5.09. The highest BCUT2D eigenvalue weighted by Gasteiger charge is 2.39. The van der Waals surface area contributed by atoms with Crippen molar-refractivity contribution < 1.29 is 27.1 Å². The van der Waals surface area contributed by atoms with Gasteiger partial charge in [0, 0.05) is 24.8 Å². The highest BCUT2D eigenvalue weighted by Crippen LogP contribution is 2.43. The van der Waals surface area contributed by atoms with Crippen molar-refractivity contribution in [2.45, 2.75) is 25.6 Å². The molecule has 1 N–H and O–H groups in total. The second-order valence-corrected chi connectivity index (χ2v) is 9.52. The van der Waals surface area contributed by atoms with E-state index in [9.17, 15) is 18.0 Å². The topological polar surface area (TPSA) is 123 Å². The van der Waals surface area contributed by atoms with Crippen LogP contribution in [0.3, 0.4) is 0 Å². The van der Waals surface area contributed by atoms with E-state index in [0.29, 0.717) is 24.4 Å². The number of hydrogen-bond donors (Lipinski definition) is 1. The number of nitrogens with zero attached hydrogens (tertiary/aromatic N) is 8. The van der Waals surface area contributed by atoms with E-state index in [1.54, 1.807) is 4.90 Å². The van der Waals surface area contributed by atoms with Crippen molar-refractivity contribution >= 4 is 39.7 Å². The summed E-state index contributed by atoms with van der Waals surface area (Å²) in [6.45, 7) is 5.79. The number of aromatic nitrogens is 7. The van der Waals surface area contributed by atoms with Crippen molar-refractivity contribution in [3.63, 3.8) is 0 Å². The molecule has 1 aliphatic heterocycles. The number of nitrogens with one attached hydrogen (secondary N) is 1. The molecule has 11 nitrogen and oxygen atoms in total. The third-order valence-corrected chi connectivity index (χ3v) is 6.80. The maximum Gasteiger partial charge on any atom is 0.422 e. The van der Waals surface area contributed by atoms with Crippen LogP contribution >= 0.6 is 0 Å². The molecule has 1 amide bonds. The lowest BCUT2D eigenvalue weighted by atomic mass is 10.0. The van der Waals surface area contributed by atoms with E-state index in [0.717, 1.165) is 24.0 Å². The van der Waals surface area contributed by atoms with E-state index in [4.69, 9.17) is 4.74 Å². The summed E-state index contributed by atoms with van der Waals surface area (Å²) in [7, 11) is 0. The first kappa shape index (κ1) is 27.7. The number of amides is 1. The van der Waals surface area contributed by atoms with Crippen LogP contribution in [0.1, 0.15) is 24.7 Å². The number of benzene rings is 1. The zero-order chi connectivity index (χ0) is 30.3. The molecule has 1 atom stereocenters. The Morgan fingerprint density at radius 1 is 1.16 bits per heavy atom. The second kappa shape index (κ2) is 10.7. The number of alkyl halides is 3. The molecule has 0 spiro atoms. The first-order valence-electron chi connectivity index (χ1n) is 12.9. The fourth-order valence-corrected chi connectivity index (χ4v) is 4.74. The van der Waals surface area contributed by atoms with Crippen LogP contribution in [0.4, 0.5) is 29.1 Å². The highest BCUT2D eigenvalue weighted by atomic mass is 19.4. The number of rotatable bonds is 6. The number of ether oxygens (including phenoxy) is 1. The summed E-state index contributed by atoms with van der Waals surface area (Å²) in [5.74, 6) is -2.22. The van der Waals surface area contributed by atoms with Crippen molar-refractivity contribution in [2.24, 2.45) is 0 Å². The smallest absolute Gasteiger partial charge is 0.422 e. The molecule has 0 unspecified atom stereocenters. The van der Waals surface area contributed by atoms with Gasteiger partial charge in [-0.3, -0.25) is 4.79 Å².